The normalized spacial score (nSPS) is 17.5. The summed E-state index contributed by atoms with van der Waals surface area (Å²) in [5.41, 5.74) is 7.84. The minimum atomic E-state index is -0.707. The maximum atomic E-state index is 13.7. The fraction of sp³-hybridized carbons (Fsp3) is 0.391. The van der Waals surface area contributed by atoms with Gasteiger partial charge in [-0.1, -0.05) is 94.4 Å². The van der Waals surface area contributed by atoms with Crippen molar-refractivity contribution < 1.29 is 28.7 Å². The molecule has 0 aliphatic carbocycles. The Morgan fingerprint density at radius 2 is 1.07 bits per heavy atom. The molecule has 4 amide bonds. The van der Waals surface area contributed by atoms with Crippen molar-refractivity contribution >= 4 is 24.0 Å². The molecule has 60 heavy (non-hydrogen) atoms. The van der Waals surface area contributed by atoms with Crippen LogP contribution < -0.4 is 10.6 Å². The van der Waals surface area contributed by atoms with Gasteiger partial charge in [-0.25, -0.2) is 19.6 Å². The predicted molar refractivity (Wildman–Crippen MR) is 228 cm³/mol. The van der Waals surface area contributed by atoms with Gasteiger partial charge >= 0.3 is 12.2 Å². The second-order valence-electron chi connectivity index (χ2n) is 16.2. The average Bonchev–Trinajstić information content (AvgIpc) is 4.11. The number of aromatic nitrogens is 4. The van der Waals surface area contributed by atoms with E-state index in [4.69, 9.17) is 19.4 Å². The van der Waals surface area contributed by atoms with Gasteiger partial charge in [-0.2, -0.15) is 0 Å². The number of imidazole rings is 2. The van der Waals surface area contributed by atoms with E-state index in [1.807, 2.05) is 68.1 Å². The number of carbonyl (C=O) groups is 4. The SMILES string of the molecule is COC(=O)N[C@H](C(=O)N1CCC[C@H]1c1ncc(-c2ccc(-c3ccc(-c4cnc([C@@H]5CCCN5C(=O)[C@@H](NC(=O)OC)C(C)C)[nH]4)cc3-c3ccccc3)cc2)[nH]1)C(C)C. The quantitative estimate of drug-likeness (QED) is 0.0984. The highest BCUT2D eigenvalue weighted by Crippen LogP contribution is 2.38. The van der Waals surface area contributed by atoms with Gasteiger partial charge in [0.1, 0.15) is 23.7 Å². The second kappa shape index (κ2) is 18.2. The van der Waals surface area contributed by atoms with Crippen molar-refractivity contribution in [3.8, 4) is 44.8 Å². The Morgan fingerprint density at radius 1 is 0.617 bits per heavy atom. The van der Waals surface area contributed by atoms with Gasteiger partial charge in [-0.05, 0) is 71.4 Å². The third-order valence-corrected chi connectivity index (χ3v) is 11.6. The first-order valence-electron chi connectivity index (χ1n) is 20.7. The summed E-state index contributed by atoms with van der Waals surface area (Å²) < 4.78 is 9.57. The number of aromatic amines is 2. The van der Waals surface area contributed by atoms with E-state index < -0.39 is 24.3 Å². The molecular formula is C46H54N8O6. The number of nitrogens with one attached hydrogen (secondary N) is 4. The standard InChI is InChI=1S/C46H54N8O6/c1-27(2)39(51-45(57)59-5)43(55)53-22-10-14-37(53)41-47-25-35(49-41)31-18-16-30(17-19-31)33-21-20-32(24-34(33)29-12-8-7-9-13-29)36-26-48-42(50-36)38-15-11-23-54(38)44(56)40(28(3)4)52-46(58)60-6/h7-9,12-13,16-21,24-28,37-40H,10-11,14-15,22-23H2,1-6H3,(H,47,49)(H,48,50)(H,51,57)(H,52,58)/t37-,38-,39-,40-/m0/s1. The minimum absolute atomic E-state index is 0.116. The molecule has 314 valence electrons. The predicted octanol–water partition coefficient (Wildman–Crippen LogP) is 7.89. The first-order chi connectivity index (χ1) is 29.0. The van der Waals surface area contributed by atoms with Crippen LogP contribution in [0.5, 0.6) is 0 Å². The Morgan fingerprint density at radius 3 is 1.55 bits per heavy atom. The van der Waals surface area contributed by atoms with Gasteiger partial charge in [0.25, 0.3) is 0 Å². The zero-order valence-corrected chi connectivity index (χ0v) is 35.0. The maximum absolute atomic E-state index is 13.7. The van der Waals surface area contributed by atoms with Crippen LogP contribution >= 0.6 is 0 Å². The first-order valence-corrected chi connectivity index (χ1v) is 20.7. The Labute approximate surface area is 350 Å². The van der Waals surface area contributed by atoms with E-state index in [0.717, 1.165) is 70.5 Å². The highest BCUT2D eigenvalue weighted by Gasteiger charge is 2.39. The number of nitrogens with zero attached hydrogens (tertiary/aromatic N) is 4. The van der Waals surface area contributed by atoms with Crippen molar-refractivity contribution in [1.82, 2.24) is 40.4 Å². The van der Waals surface area contributed by atoms with Crippen LogP contribution in [0.2, 0.25) is 0 Å². The van der Waals surface area contributed by atoms with Gasteiger partial charge in [0, 0.05) is 18.7 Å². The van der Waals surface area contributed by atoms with Crippen molar-refractivity contribution in [2.24, 2.45) is 11.8 Å². The Balaban J connectivity index is 1.11. The fourth-order valence-electron chi connectivity index (χ4n) is 8.34. The van der Waals surface area contributed by atoms with Gasteiger partial charge in [0.2, 0.25) is 11.8 Å². The summed E-state index contributed by atoms with van der Waals surface area (Å²) in [6.45, 7) is 8.77. The van der Waals surface area contributed by atoms with E-state index in [-0.39, 0.29) is 35.7 Å². The number of methoxy groups -OCH3 is 2. The summed E-state index contributed by atoms with van der Waals surface area (Å²) in [6, 6.07) is 23.1. The van der Waals surface area contributed by atoms with Crippen LogP contribution in [0.4, 0.5) is 9.59 Å². The lowest BCUT2D eigenvalue weighted by Gasteiger charge is -2.30. The minimum Gasteiger partial charge on any atom is -0.453 e. The molecule has 4 N–H and O–H groups in total. The number of alkyl carbamates (subject to hydrolysis) is 2. The lowest BCUT2D eigenvalue weighted by atomic mass is 9.91. The Hall–Kier alpha value is -6.44. The molecule has 2 aromatic heterocycles. The molecule has 14 heteroatoms. The summed E-state index contributed by atoms with van der Waals surface area (Å²) >= 11 is 0. The topological polar surface area (TPSA) is 175 Å². The van der Waals surface area contributed by atoms with Crippen molar-refractivity contribution in [3.05, 3.63) is 96.8 Å². The summed E-state index contributed by atoms with van der Waals surface area (Å²) in [4.78, 5) is 71.6. The van der Waals surface area contributed by atoms with Crippen LogP contribution in [0.25, 0.3) is 44.8 Å². The van der Waals surface area contributed by atoms with E-state index >= 15 is 0 Å². The molecule has 3 aromatic carbocycles. The summed E-state index contributed by atoms with van der Waals surface area (Å²) in [5.74, 6) is 0.892. The molecule has 2 aliphatic heterocycles. The zero-order valence-electron chi connectivity index (χ0n) is 35.0. The van der Waals surface area contributed by atoms with Gasteiger partial charge < -0.3 is 39.9 Å². The number of H-pyrrole nitrogens is 2. The monoisotopic (exact) mass is 814 g/mol. The summed E-state index contributed by atoms with van der Waals surface area (Å²) in [7, 11) is 2.58. The van der Waals surface area contributed by atoms with Gasteiger partial charge in [-0.3, -0.25) is 9.59 Å². The van der Waals surface area contributed by atoms with Crippen LogP contribution in [-0.2, 0) is 19.1 Å². The highest BCUT2D eigenvalue weighted by atomic mass is 16.5. The molecule has 7 rings (SSSR count). The number of rotatable bonds is 12. The van der Waals surface area contributed by atoms with E-state index in [1.165, 1.54) is 14.2 Å². The average molecular weight is 815 g/mol. The largest absolute Gasteiger partial charge is 0.453 e. The number of likely N-dealkylation sites (tertiary alicyclic amines) is 2. The van der Waals surface area contributed by atoms with Crippen LogP contribution in [0.1, 0.15) is 77.1 Å². The molecule has 5 aromatic rings. The lowest BCUT2D eigenvalue weighted by Crippen LogP contribution is -2.51. The molecular weight excluding hydrogens is 761 g/mol. The third-order valence-electron chi connectivity index (χ3n) is 11.6. The van der Waals surface area contributed by atoms with Crippen molar-refractivity contribution in [1.29, 1.82) is 0 Å². The van der Waals surface area contributed by atoms with Crippen molar-refractivity contribution in [2.75, 3.05) is 27.3 Å². The molecule has 4 atom stereocenters. The molecule has 4 heterocycles. The molecule has 0 bridgehead atoms. The number of hydrogen-bond donors (Lipinski definition) is 4. The molecule has 2 fully saturated rings. The van der Waals surface area contributed by atoms with E-state index in [0.29, 0.717) is 24.7 Å². The number of hydrogen-bond acceptors (Lipinski definition) is 8. The van der Waals surface area contributed by atoms with Crippen LogP contribution in [0, 0.1) is 11.8 Å². The van der Waals surface area contributed by atoms with Gasteiger partial charge in [0.15, 0.2) is 0 Å². The highest BCUT2D eigenvalue weighted by molar-refractivity contribution is 5.89. The van der Waals surface area contributed by atoms with Crippen LogP contribution in [0.15, 0.2) is 85.2 Å². The Bertz CT molecular complexity index is 2300. The fourth-order valence-corrected chi connectivity index (χ4v) is 8.34. The maximum Gasteiger partial charge on any atom is 0.407 e. The van der Waals surface area contributed by atoms with Crippen molar-refractivity contribution in [3.63, 3.8) is 0 Å². The number of amides is 4. The number of benzene rings is 3. The van der Waals surface area contributed by atoms with E-state index in [9.17, 15) is 19.2 Å². The molecule has 2 saturated heterocycles. The zero-order chi connectivity index (χ0) is 42.5. The van der Waals surface area contributed by atoms with Crippen LogP contribution in [0.3, 0.4) is 0 Å². The molecule has 0 unspecified atom stereocenters. The summed E-state index contributed by atoms with van der Waals surface area (Å²) in [6.07, 6.45) is 5.58. The van der Waals surface area contributed by atoms with Gasteiger partial charge in [-0.15, -0.1) is 0 Å². The van der Waals surface area contributed by atoms with E-state index in [1.54, 1.807) is 0 Å². The lowest BCUT2D eigenvalue weighted by molar-refractivity contribution is -0.136. The number of ether oxygens (including phenoxy) is 2. The Kier molecular flexibility index (Phi) is 12.7. The van der Waals surface area contributed by atoms with Crippen molar-refractivity contribution in [2.45, 2.75) is 77.5 Å². The molecule has 0 saturated carbocycles. The number of carbonyl (C=O) groups excluding carboxylic acids is 4. The third kappa shape index (κ3) is 8.77. The molecule has 0 radical (unpaired) electrons. The molecule has 14 nitrogen and oxygen atoms in total. The van der Waals surface area contributed by atoms with Crippen LogP contribution in [-0.4, -0.2) is 93.1 Å². The van der Waals surface area contributed by atoms with E-state index in [2.05, 4.69) is 75.2 Å². The first kappa shape index (κ1) is 41.7. The summed E-state index contributed by atoms with van der Waals surface area (Å²) in [5, 5.41) is 5.42. The smallest absolute Gasteiger partial charge is 0.407 e. The second-order valence-corrected chi connectivity index (χ2v) is 16.2. The molecule has 0 spiro atoms. The van der Waals surface area contributed by atoms with Gasteiger partial charge in [0.05, 0.1) is 50.1 Å². The molecule has 2 aliphatic rings.